The SMILES string of the molecule is CC[C@H](Oc1ccccc1F)C(=O)NCCc1csc(C)n1. The average molecular weight is 322 g/mol. The Morgan fingerprint density at radius 1 is 1.45 bits per heavy atom. The van der Waals surface area contributed by atoms with Crippen LogP contribution in [0.5, 0.6) is 5.75 Å². The van der Waals surface area contributed by atoms with Gasteiger partial charge in [-0.3, -0.25) is 4.79 Å². The van der Waals surface area contributed by atoms with Crippen LogP contribution in [0, 0.1) is 12.7 Å². The summed E-state index contributed by atoms with van der Waals surface area (Å²) in [5.74, 6) is -0.607. The van der Waals surface area contributed by atoms with Crippen LogP contribution in [0.4, 0.5) is 4.39 Å². The number of rotatable bonds is 7. The number of carbonyl (C=O) groups is 1. The van der Waals surface area contributed by atoms with Crippen LogP contribution in [0.2, 0.25) is 0 Å². The molecule has 0 radical (unpaired) electrons. The smallest absolute Gasteiger partial charge is 0.261 e. The summed E-state index contributed by atoms with van der Waals surface area (Å²) in [4.78, 5) is 16.4. The van der Waals surface area contributed by atoms with Crippen LogP contribution < -0.4 is 10.1 Å². The monoisotopic (exact) mass is 322 g/mol. The van der Waals surface area contributed by atoms with Crippen molar-refractivity contribution in [2.24, 2.45) is 0 Å². The summed E-state index contributed by atoms with van der Waals surface area (Å²) in [6.45, 7) is 4.26. The van der Waals surface area contributed by atoms with E-state index in [1.54, 1.807) is 23.5 Å². The van der Waals surface area contributed by atoms with Gasteiger partial charge in [-0.05, 0) is 25.5 Å². The Morgan fingerprint density at radius 3 is 2.86 bits per heavy atom. The van der Waals surface area contributed by atoms with Gasteiger partial charge in [0, 0.05) is 18.3 Å². The number of carbonyl (C=O) groups excluding carboxylic acids is 1. The molecule has 2 rings (SSSR count). The third-order valence-electron chi connectivity index (χ3n) is 3.12. The first-order valence-electron chi connectivity index (χ1n) is 7.20. The first-order valence-corrected chi connectivity index (χ1v) is 8.08. The van der Waals surface area contributed by atoms with E-state index >= 15 is 0 Å². The van der Waals surface area contributed by atoms with E-state index < -0.39 is 11.9 Å². The number of thiazole rings is 1. The molecule has 22 heavy (non-hydrogen) atoms. The topological polar surface area (TPSA) is 51.2 Å². The van der Waals surface area contributed by atoms with Gasteiger partial charge < -0.3 is 10.1 Å². The van der Waals surface area contributed by atoms with E-state index in [1.807, 2.05) is 19.2 Å². The van der Waals surface area contributed by atoms with Crippen LogP contribution in [0.1, 0.15) is 24.0 Å². The zero-order valence-electron chi connectivity index (χ0n) is 12.6. The first-order chi connectivity index (χ1) is 10.6. The molecule has 1 heterocycles. The minimum absolute atomic E-state index is 0.0969. The summed E-state index contributed by atoms with van der Waals surface area (Å²) in [5, 5.41) is 5.80. The van der Waals surface area contributed by atoms with Gasteiger partial charge in [0.1, 0.15) is 0 Å². The number of ether oxygens (including phenoxy) is 1. The van der Waals surface area contributed by atoms with Crippen LogP contribution in [-0.2, 0) is 11.2 Å². The van der Waals surface area contributed by atoms with Crippen molar-refractivity contribution in [2.75, 3.05) is 6.54 Å². The van der Waals surface area contributed by atoms with Gasteiger partial charge in [-0.15, -0.1) is 11.3 Å². The molecule has 118 valence electrons. The maximum atomic E-state index is 13.6. The number of halogens is 1. The second-order valence-corrected chi connectivity index (χ2v) is 5.91. The van der Waals surface area contributed by atoms with Crippen molar-refractivity contribution < 1.29 is 13.9 Å². The maximum Gasteiger partial charge on any atom is 0.261 e. The fourth-order valence-electron chi connectivity index (χ4n) is 1.97. The number of benzene rings is 1. The Kier molecular flexibility index (Phi) is 5.89. The van der Waals surface area contributed by atoms with Gasteiger partial charge in [-0.25, -0.2) is 9.37 Å². The number of nitrogens with zero attached hydrogens (tertiary/aromatic N) is 1. The minimum Gasteiger partial charge on any atom is -0.478 e. The normalized spacial score (nSPS) is 12.0. The molecule has 1 amide bonds. The lowest BCUT2D eigenvalue weighted by atomic mass is 10.2. The molecule has 1 aromatic heterocycles. The van der Waals surface area contributed by atoms with Crippen molar-refractivity contribution in [3.63, 3.8) is 0 Å². The molecule has 0 fully saturated rings. The molecule has 0 saturated heterocycles. The molecule has 1 atom stereocenters. The molecule has 0 spiro atoms. The predicted molar refractivity (Wildman–Crippen MR) is 84.7 cm³/mol. The largest absolute Gasteiger partial charge is 0.478 e. The van der Waals surface area contributed by atoms with Gasteiger partial charge >= 0.3 is 0 Å². The van der Waals surface area contributed by atoms with Crippen molar-refractivity contribution in [3.8, 4) is 5.75 Å². The van der Waals surface area contributed by atoms with Crippen LogP contribution in [-0.4, -0.2) is 23.5 Å². The number of aromatic nitrogens is 1. The molecule has 6 heteroatoms. The third kappa shape index (κ3) is 4.53. The number of amides is 1. The lowest BCUT2D eigenvalue weighted by Gasteiger charge is -2.17. The molecular weight excluding hydrogens is 303 g/mol. The molecule has 4 nitrogen and oxygen atoms in total. The minimum atomic E-state index is -0.700. The summed E-state index contributed by atoms with van der Waals surface area (Å²) in [6, 6.07) is 6.08. The van der Waals surface area contributed by atoms with E-state index in [0.717, 1.165) is 10.7 Å². The Balaban J connectivity index is 1.85. The Bertz CT molecular complexity index is 630. The van der Waals surface area contributed by atoms with Crippen LogP contribution >= 0.6 is 11.3 Å². The fraction of sp³-hybridized carbons (Fsp3) is 0.375. The van der Waals surface area contributed by atoms with E-state index in [0.29, 0.717) is 19.4 Å². The van der Waals surface area contributed by atoms with Gasteiger partial charge in [0.25, 0.3) is 5.91 Å². The highest BCUT2D eigenvalue weighted by molar-refractivity contribution is 7.09. The van der Waals surface area contributed by atoms with E-state index in [2.05, 4.69) is 10.3 Å². The van der Waals surface area contributed by atoms with Crippen LogP contribution in [0.25, 0.3) is 0 Å². The zero-order valence-corrected chi connectivity index (χ0v) is 13.5. The average Bonchev–Trinajstić information content (AvgIpc) is 2.92. The number of nitrogens with one attached hydrogen (secondary N) is 1. The summed E-state index contributed by atoms with van der Waals surface area (Å²) in [5.41, 5.74) is 0.964. The molecule has 0 aliphatic rings. The number of hydrogen-bond acceptors (Lipinski definition) is 4. The van der Waals surface area contributed by atoms with E-state index in [4.69, 9.17) is 4.74 Å². The Morgan fingerprint density at radius 2 is 2.23 bits per heavy atom. The van der Waals surface area contributed by atoms with Crippen molar-refractivity contribution in [2.45, 2.75) is 32.8 Å². The predicted octanol–water partition coefficient (Wildman–Crippen LogP) is 3.11. The summed E-state index contributed by atoms with van der Waals surface area (Å²) >= 11 is 1.59. The summed E-state index contributed by atoms with van der Waals surface area (Å²) in [6.07, 6.45) is 0.441. The van der Waals surface area contributed by atoms with Crippen LogP contribution in [0.3, 0.4) is 0 Å². The number of aryl methyl sites for hydroxylation is 1. The van der Waals surface area contributed by atoms with Crippen LogP contribution in [0.15, 0.2) is 29.6 Å². The molecular formula is C16H19FN2O2S. The fourth-order valence-corrected chi connectivity index (χ4v) is 2.61. The quantitative estimate of drug-likeness (QED) is 0.852. The lowest BCUT2D eigenvalue weighted by Crippen LogP contribution is -2.39. The van der Waals surface area contributed by atoms with Gasteiger partial charge in [-0.2, -0.15) is 0 Å². The van der Waals surface area contributed by atoms with Crippen molar-refractivity contribution in [1.82, 2.24) is 10.3 Å². The van der Waals surface area contributed by atoms with Gasteiger partial charge in [0.05, 0.1) is 10.7 Å². The molecule has 1 N–H and O–H groups in total. The third-order valence-corrected chi connectivity index (χ3v) is 3.94. The molecule has 0 aliphatic carbocycles. The summed E-state index contributed by atoms with van der Waals surface area (Å²) in [7, 11) is 0. The Hall–Kier alpha value is -1.95. The first kappa shape index (κ1) is 16.4. The lowest BCUT2D eigenvalue weighted by molar-refractivity contribution is -0.128. The summed E-state index contributed by atoms with van der Waals surface area (Å²) < 4.78 is 19.0. The zero-order chi connectivity index (χ0) is 15.9. The molecule has 0 unspecified atom stereocenters. The maximum absolute atomic E-state index is 13.6. The molecule has 0 bridgehead atoms. The standard InChI is InChI=1S/C16H19FN2O2S/c1-3-14(21-15-7-5-4-6-13(15)17)16(20)18-9-8-12-10-22-11(2)19-12/h4-7,10,14H,3,8-9H2,1-2H3,(H,18,20)/t14-/m0/s1. The number of para-hydroxylation sites is 1. The molecule has 1 aromatic carbocycles. The van der Waals surface area contributed by atoms with Gasteiger partial charge in [0.2, 0.25) is 0 Å². The highest BCUT2D eigenvalue weighted by Crippen LogP contribution is 2.18. The van der Waals surface area contributed by atoms with Gasteiger partial charge in [0.15, 0.2) is 17.7 Å². The van der Waals surface area contributed by atoms with E-state index in [1.165, 1.54) is 12.1 Å². The highest BCUT2D eigenvalue weighted by Gasteiger charge is 2.19. The van der Waals surface area contributed by atoms with E-state index in [-0.39, 0.29) is 11.7 Å². The van der Waals surface area contributed by atoms with Crippen molar-refractivity contribution in [1.29, 1.82) is 0 Å². The second kappa shape index (κ2) is 7.89. The molecule has 0 saturated carbocycles. The Labute approximate surface area is 133 Å². The van der Waals surface area contributed by atoms with E-state index in [9.17, 15) is 9.18 Å². The van der Waals surface area contributed by atoms with Crippen molar-refractivity contribution in [3.05, 3.63) is 46.2 Å². The molecule has 2 aromatic rings. The number of hydrogen-bond donors (Lipinski definition) is 1. The van der Waals surface area contributed by atoms with Crippen molar-refractivity contribution >= 4 is 17.2 Å². The second-order valence-electron chi connectivity index (χ2n) is 4.84. The highest BCUT2D eigenvalue weighted by atomic mass is 32.1. The molecule has 0 aliphatic heterocycles. The van der Waals surface area contributed by atoms with Gasteiger partial charge in [-0.1, -0.05) is 19.1 Å².